The number of nitriles is 1. The van der Waals surface area contributed by atoms with Crippen molar-refractivity contribution in [3.63, 3.8) is 0 Å². The Kier molecular flexibility index (Phi) is 2.49. The molecule has 0 radical (unpaired) electrons. The lowest BCUT2D eigenvalue weighted by molar-refractivity contribution is 0.0767. The third kappa shape index (κ3) is 1.63. The lowest BCUT2D eigenvalue weighted by Crippen LogP contribution is -2.45. The summed E-state index contributed by atoms with van der Waals surface area (Å²) in [5, 5.41) is 21.7. The molecule has 0 saturated carbocycles. The molecule has 1 heterocycles. The second kappa shape index (κ2) is 3.79. The van der Waals surface area contributed by atoms with Gasteiger partial charge in [0.25, 0.3) is 0 Å². The summed E-state index contributed by atoms with van der Waals surface area (Å²) in [4.78, 5) is 0. The van der Waals surface area contributed by atoms with Crippen LogP contribution >= 0.6 is 0 Å². The number of aliphatic hydroxyl groups is 1. The zero-order chi connectivity index (χ0) is 9.97. The second-order valence-electron chi connectivity index (χ2n) is 3.60. The maximum Gasteiger partial charge on any atom is 0.0991 e. The van der Waals surface area contributed by atoms with Gasteiger partial charge in [-0.2, -0.15) is 5.26 Å². The van der Waals surface area contributed by atoms with Crippen LogP contribution in [-0.2, 0) is 0 Å². The molecule has 3 nitrogen and oxygen atoms in total. The molecule has 1 unspecified atom stereocenters. The zero-order valence-electron chi connectivity index (χ0n) is 7.77. The molecule has 0 aliphatic carbocycles. The third-order valence-electron chi connectivity index (χ3n) is 2.62. The van der Waals surface area contributed by atoms with Crippen LogP contribution in [0, 0.1) is 17.2 Å². The van der Waals surface area contributed by atoms with Gasteiger partial charge in [0.1, 0.15) is 0 Å². The van der Waals surface area contributed by atoms with Crippen molar-refractivity contribution in [1.82, 2.24) is 5.32 Å². The average Bonchev–Trinajstić information content (AvgIpc) is 2.15. The molecule has 14 heavy (non-hydrogen) atoms. The molecule has 72 valence electrons. The summed E-state index contributed by atoms with van der Waals surface area (Å²) in [6, 6.07) is 9.24. The van der Waals surface area contributed by atoms with Gasteiger partial charge in [-0.15, -0.1) is 0 Å². The monoisotopic (exact) mass is 188 g/mol. The topological polar surface area (TPSA) is 56.0 Å². The Morgan fingerprint density at radius 3 is 2.86 bits per heavy atom. The number of nitrogens with one attached hydrogen (secondary N) is 1. The molecule has 1 saturated heterocycles. The van der Waals surface area contributed by atoms with Crippen LogP contribution in [-0.4, -0.2) is 18.2 Å². The van der Waals surface area contributed by atoms with Crippen LogP contribution in [0.15, 0.2) is 24.3 Å². The van der Waals surface area contributed by atoms with E-state index in [1.807, 2.05) is 12.1 Å². The maximum atomic E-state index is 9.91. The zero-order valence-corrected chi connectivity index (χ0v) is 7.77. The fraction of sp³-hybridized carbons (Fsp3) is 0.364. The van der Waals surface area contributed by atoms with Crippen molar-refractivity contribution < 1.29 is 5.11 Å². The molecule has 1 aromatic carbocycles. The van der Waals surface area contributed by atoms with Crippen LogP contribution in [0.2, 0.25) is 0 Å². The Balaban J connectivity index is 2.18. The summed E-state index contributed by atoms with van der Waals surface area (Å²) in [5.74, 6) is 0.295. The molecular formula is C11H12N2O. The van der Waals surface area contributed by atoms with Crippen LogP contribution in [0.4, 0.5) is 0 Å². The molecule has 0 amide bonds. The average molecular weight is 188 g/mol. The lowest BCUT2D eigenvalue weighted by Gasteiger charge is -2.31. The van der Waals surface area contributed by atoms with Crippen molar-refractivity contribution in [3.8, 4) is 6.07 Å². The maximum absolute atomic E-state index is 9.91. The minimum absolute atomic E-state index is 0.295. The van der Waals surface area contributed by atoms with Gasteiger partial charge in [-0.25, -0.2) is 0 Å². The minimum atomic E-state index is -0.440. The Bertz CT molecular complexity index is 366. The fourth-order valence-corrected chi connectivity index (χ4v) is 1.60. The van der Waals surface area contributed by atoms with Gasteiger partial charge in [0.2, 0.25) is 0 Å². The standard InChI is InChI=1S/C11H12N2O/c12-5-8-2-1-3-9(4-8)11(14)10-6-13-7-10/h1-4,10-11,13-14H,6-7H2. The van der Waals surface area contributed by atoms with E-state index in [1.165, 1.54) is 0 Å². The van der Waals surface area contributed by atoms with Gasteiger partial charge in [-0.05, 0) is 17.7 Å². The van der Waals surface area contributed by atoms with Crippen LogP contribution in [0.1, 0.15) is 17.2 Å². The normalized spacial score (nSPS) is 18.3. The summed E-state index contributed by atoms with van der Waals surface area (Å²) >= 11 is 0. The molecule has 0 aromatic heterocycles. The number of rotatable bonds is 2. The van der Waals surface area contributed by atoms with Gasteiger partial charge in [0.05, 0.1) is 17.7 Å². The third-order valence-corrected chi connectivity index (χ3v) is 2.62. The van der Waals surface area contributed by atoms with E-state index in [0.717, 1.165) is 18.7 Å². The molecule has 2 N–H and O–H groups in total. The van der Waals surface area contributed by atoms with Crippen LogP contribution in [0.5, 0.6) is 0 Å². The van der Waals surface area contributed by atoms with Crippen molar-refractivity contribution in [2.24, 2.45) is 5.92 Å². The summed E-state index contributed by atoms with van der Waals surface area (Å²) in [6.45, 7) is 1.72. The van der Waals surface area contributed by atoms with E-state index < -0.39 is 6.10 Å². The fourth-order valence-electron chi connectivity index (χ4n) is 1.60. The van der Waals surface area contributed by atoms with Gasteiger partial charge in [-0.3, -0.25) is 0 Å². The predicted molar refractivity (Wildman–Crippen MR) is 52.5 cm³/mol. The van der Waals surface area contributed by atoms with E-state index in [-0.39, 0.29) is 0 Å². The predicted octanol–water partition coefficient (Wildman–Crippen LogP) is 0.811. The summed E-state index contributed by atoms with van der Waals surface area (Å²) in [7, 11) is 0. The Hall–Kier alpha value is -1.37. The minimum Gasteiger partial charge on any atom is -0.388 e. The largest absolute Gasteiger partial charge is 0.388 e. The number of hydrogen-bond donors (Lipinski definition) is 2. The molecule has 1 fully saturated rings. The molecule has 0 bridgehead atoms. The van der Waals surface area contributed by atoms with E-state index >= 15 is 0 Å². The second-order valence-corrected chi connectivity index (χ2v) is 3.60. The number of aliphatic hydroxyl groups excluding tert-OH is 1. The number of hydrogen-bond acceptors (Lipinski definition) is 3. The number of benzene rings is 1. The summed E-state index contributed by atoms with van der Waals surface area (Å²) in [6.07, 6.45) is -0.440. The van der Waals surface area contributed by atoms with Crippen molar-refractivity contribution in [2.75, 3.05) is 13.1 Å². The van der Waals surface area contributed by atoms with Gasteiger partial charge >= 0.3 is 0 Å². The van der Waals surface area contributed by atoms with Crippen LogP contribution < -0.4 is 5.32 Å². The van der Waals surface area contributed by atoms with Crippen molar-refractivity contribution >= 4 is 0 Å². The van der Waals surface area contributed by atoms with Crippen LogP contribution in [0.3, 0.4) is 0 Å². The van der Waals surface area contributed by atoms with Crippen LogP contribution in [0.25, 0.3) is 0 Å². The first-order chi connectivity index (χ1) is 6.81. The smallest absolute Gasteiger partial charge is 0.0991 e. The highest BCUT2D eigenvalue weighted by Crippen LogP contribution is 2.25. The highest BCUT2D eigenvalue weighted by Gasteiger charge is 2.26. The Labute approximate surface area is 83.0 Å². The van der Waals surface area contributed by atoms with Crippen molar-refractivity contribution in [1.29, 1.82) is 5.26 Å². The van der Waals surface area contributed by atoms with Gasteiger partial charge in [0.15, 0.2) is 0 Å². The molecule has 1 aliphatic rings. The van der Waals surface area contributed by atoms with E-state index in [9.17, 15) is 5.11 Å². The van der Waals surface area contributed by atoms with E-state index in [1.54, 1.807) is 12.1 Å². The first kappa shape index (κ1) is 9.20. The molecule has 1 aliphatic heterocycles. The highest BCUT2D eigenvalue weighted by molar-refractivity contribution is 5.34. The molecule has 0 spiro atoms. The summed E-state index contributed by atoms with van der Waals surface area (Å²) in [5.41, 5.74) is 1.45. The van der Waals surface area contributed by atoms with Crippen molar-refractivity contribution in [2.45, 2.75) is 6.10 Å². The van der Waals surface area contributed by atoms with E-state index in [4.69, 9.17) is 5.26 Å². The molecule has 2 rings (SSSR count). The van der Waals surface area contributed by atoms with Gasteiger partial charge < -0.3 is 10.4 Å². The molecule has 1 aromatic rings. The van der Waals surface area contributed by atoms with Gasteiger partial charge in [0, 0.05) is 19.0 Å². The molecule has 1 atom stereocenters. The van der Waals surface area contributed by atoms with Gasteiger partial charge in [-0.1, -0.05) is 12.1 Å². The van der Waals surface area contributed by atoms with E-state index in [0.29, 0.717) is 11.5 Å². The Morgan fingerprint density at radius 1 is 1.50 bits per heavy atom. The summed E-state index contributed by atoms with van der Waals surface area (Å²) < 4.78 is 0. The van der Waals surface area contributed by atoms with Crippen molar-refractivity contribution in [3.05, 3.63) is 35.4 Å². The quantitative estimate of drug-likeness (QED) is 0.722. The first-order valence-corrected chi connectivity index (χ1v) is 4.70. The molecular weight excluding hydrogens is 176 g/mol. The highest BCUT2D eigenvalue weighted by atomic mass is 16.3. The number of nitrogens with zero attached hydrogens (tertiary/aromatic N) is 1. The SMILES string of the molecule is N#Cc1cccc(C(O)C2CNC2)c1. The Morgan fingerprint density at radius 2 is 2.29 bits per heavy atom. The first-order valence-electron chi connectivity index (χ1n) is 4.70. The lowest BCUT2D eigenvalue weighted by atomic mass is 9.90. The van der Waals surface area contributed by atoms with E-state index in [2.05, 4.69) is 11.4 Å². The molecule has 3 heteroatoms.